The van der Waals surface area contributed by atoms with Crippen molar-refractivity contribution >= 4 is 40.5 Å². The number of hydrogen-bond donors (Lipinski definition) is 1. The molecule has 2 aromatic carbocycles. The molecule has 0 saturated heterocycles. The SMILES string of the molecule is C[C@H](Sc1nncs1)C(=O)Nc1cccc(C(=O)c2ccccc2)c1. The fraction of sp³-hybridized carbons (Fsp3) is 0.111. The van der Waals surface area contributed by atoms with Crippen LogP contribution in [0.2, 0.25) is 0 Å². The number of hydrogen-bond acceptors (Lipinski definition) is 6. The van der Waals surface area contributed by atoms with Gasteiger partial charge in [-0.25, -0.2) is 0 Å². The first-order valence-electron chi connectivity index (χ1n) is 7.57. The van der Waals surface area contributed by atoms with Gasteiger partial charge in [-0.2, -0.15) is 0 Å². The zero-order chi connectivity index (χ0) is 17.6. The Labute approximate surface area is 153 Å². The molecule has 0 aliphatic heterocycles. The number of anilines is 1. The van der Waals surface area contributed by atoms with Gasteiger partial charge in [-0.1, -0.05) is 65.6 Å². The van der Waals surface area contributed by atoms with Crippen LogP contribution in [0.25, 0.3) is 0 Å². The van der Waals surface area contributed by atoms with Crippen LogP contribution in [0.1, 0.15) is 22.8 Å². The molecule has 25 heavy (non-hydrogen) atoms. The molecule has 7 heteroatoms. The van der Waals surface area contributed by atoms with Crippen LogP contribution in [0.5, 0.6) is 0 Å². The minimum absolute atomic E-state index is 0.0759. The number of carbonyl (C=O) groups excluding carboxylic acids is 2. The lowest BCUT2D eigenvalue weighted by Gasteiger charge is -2.11. The van der Waals surface area contributed by atoms with Crippen LogP contribution in [0.4, 0.5) is 5.69 Å². The third-order valence-corrected chi connectivity index (χ3v) is 5.33. The van der Waals surface area contributed by atoms with E-state index in [0.717, 1.165) is 4.34 Å². The van der Waals surface area contributed by atoms with Crippen molar-refractivity contribution < 1.29 is 9.59 Å². The van der Waals surface area contributed by atoms with E-state index in [-0.39, 0.29) is 16.9 Å². The maximum absolute atomic E-state index is 12.5. The van der Waals surface area contributed by atoms with Gasteiger partial charge < -0.3 is 5.32 Å². The molecule has 1 heterocycles. The number of rotatable bonds is 6. The normalized spacial score (nSPS) is 11.7. The van der Waals surface area contributed by atoms with Crippen molar-refractivity contribution in [3.05, 3.63) is 71.2 Å². The quantitative estimate of drug-likeness (QED) is 0.527. The number of amides is 1. The molecule has 1 amide bonds. The van der Waals surface area contributed by atoms with Crippen molar-refractivity contribution in [1.82, 2.24) is 10.2 Å². The van der Waals surface area contributed by atoms with E-state index < -0.39 is 0 Å². The number of aromatic nitrogens is 2. The van der Waals surface area contributed by atoms with Gasteiger partial charge in [0.15, 0.2) is 10.1 Å². The highest BCUT2D eigenvalue weighted by Gasteiger charge is 2.17. The molecule has 1 aromatic heterocycles. The summed E-state index contributed by atoms with van der Waals surface area (Å²) in [6.45, 7) is 1.81. The van der Waals surface area contributed by atoms with Gasteiger partial charge in [0.25, 0.3) is 0 Å². The number of nitrogens with zero attached hydrogens (tertiary/aromatic N) is 2. The molecule has 1 atom stereocenters. The third-order valence-electron chi connectivity index (χ3n) is 3.42. The summed E-state index contributed by atoms with van der Waals surface area (Å²) in [4.78, 5) is 24.8. The second-order valence-electron chi connectivity index (χ2n) is 5.23. The summed E-state index contributed by atoms with van der Waals surface area (Å²) in [5.74, 6) is -0.225. The average molecular weight is 369 g/mol. The van der Waals surface area contributed by atoms with Crippen LogP contribution in [0, 0.1) is 0 Å². The summed E-state index contributed by atoms with van der Waals surface area (Å²) in [7, 11) is 0. The highest BCUT2D eigenvalue weighted by atomic mass is 32.2. The van der Waals surface area contributed by atoms with Crippen LogP contribution in [-0.4, -0.2) is 27.1 Å². The predicted octanol–water partition coefficient (Wildman–Crippen LogP) is 3.89. The lowest BCUT2D eigenvalue weighted by atomic mass is 10.0. The smallest absolute Gasteiger partial charge is 0.237 e. The van der Waals surface area contributed by atoms with Crippen LogP contribution in [-0.2, 0) is 4.79 Å². The van der Waals surface area contributed by atoms with Crippen LogP contribution < -0.4 is 5.32 Å². The van der Waals surface area contributed by atoms with Gasteiger partial charge in [-0.3, -0.25) is 9.59 Å². The Kier molecular flexibility index (Phi) is 5.57. The fourth-order valence-electron chi connectivity index (χ4n) is 2.16. The van der Waals surface area contributed by atoms with Gasteiger partial charge >= 0.3 is 0 Å². The van der Waals surface area contributed by atoms with Crippen molar-refractivity contribution in [3.63, 3.8) is 0 Å². The number of ketones is 1. The molecule has 3 rings (SSSR count). The van der Waals surface area contributed by atoms with Crippen molar-refractivity contribution in [2.75, 3.05) is 5.32 Å². The summed E-state index contributed by atoms with van der Waals surface area (Å²) in [6, 6.07) is 16.0. The molecule has 0 fully saturated rings. The van der Waals surface area contributed by atoms with E-state index in [0.29, 0.717) is 16.8 Å². The van der Waals surface area contributed by atoms with Crippen molar-refractivity contribution in [1.29, 1.82) is 0 Å². The first-order valence-corrected chi connectivity index (χ1v) is 9.33. The number of thioether (sulfide) groups is 1. The number of carbonyl (C=O) groups is 2. The second kappa shape index (κ2) is 8.04. The zero-order valence-electron chi connectivity index (χ0n) is 13.4. The molecule has 0 aliphatic carbocycles. The molecule has 0 spiro atoms. The van der Waals surface area contributed by atoms with E-state index in [4.69, 9.17) is 0 Å². The van der Waals surface area contributed by atoms with Crippen molar-refractivity contribution in [2.24, 2.45) is 0 Å². The van der Waals surface area contributed by atoms with Gasteiger partial charge in [0.1, 0.15) is 5.51 Å². The highest BCUT2D eigenvalue weighted by molar-refractivity contribution is 8.02. The van der Waals surface area contributed by atoms with Gasteiger partial charge in [-0.15, -0.1) is 10.2 Å². The molecule has 5 nitrogen and oxygen atoms in total. The Morgan fingerprint density at radius 1 is 1.08 bits per heavy atom. The Balaban J connectivity index is 1.69. The van der Waals surface area contributed by atoms with E-state index in [1.54, 1.807) is 48.8 Å². The summed E-state index contributed by atoms with van der Waals surface area (Å²) >= 11 is 2.75. The molecule has 126 valence electrons. The largest absolute Gasteiger partial charge is 0.325 e. The van der Waals surface area contributed by atoms with Gasteiger partial charge in [0.2, 0.25) is 5.91 Å². The maximum Gasteiger partial charge on any atom is 0.237 e. The monoisotopic (exact) mass is 369 g/mol. The predicted molar refractivity (Wildman–Crippen MR) is 100 cm³/mol. The Morgan fingerprint density at radius 3 is 2.56 bits per heavy atom. The molecule has 0 bridgehead atoms. The molecule has 1 N–H and O–H groups in total. The highest BCUT2D eigenvalue weighted by Crippen LogP contribution is 2.25. The summed E-state index contributed by atoms with van der Waals surface area (Å²) in [6.07, 6.45) is 0. The summed E-state index contributed by atoms with van der Waals surface area (Å²) in [5.41, 5.74) is 3.38. The van der Waals surface area contributed by atoms with Crippen molar-refractivity contribution in [2.45, 2.75) is 16.5 Å². The Bertz CT molecular complexity index is 867. The molecule has 0 aliphatic rings. The van der Waals surface area contributed by atoms with Gasteiger partial charge in [0, 0.05) is 16.8 Å². The first kappa shape index (κ1) is 17.3. The molecule has 3 aromatic rings. The zero-order valence-corrected chi connectivity index (χ0v) is 15.0. The molecule has 0 unspecified atom stereocenters. The minimum Gasteiger partial charge on any atom is -0.325 e. The topological polar surface area (TPSA) is 72.0 Å². The van der Waals surface area contributed by atoms with E-state index in [1.165, 1.54) is 23.1 Å². The molecular formula is C18H15N3O2S2. The lowest BCUT2D eigenvalue weighted by Crippen LogP contribution is -2.22. The van der Waals surface area contributed by atoms with E-state index in [1.807, 2.05) is 18.2 Å². The average Bonchev–Trinajstić information content (AvgIpc) is 3.15. The second-order valence-corrected chi connectivity index (χ2v) is 7.65. The van der Waals surface area contributed by atoms with E-state index in [9.17, 15) is 9.59 Å². The van der Waals surface area contributed by atoms with E-state index in [2.05, 4.69) is 15.5 Å². The van der Waals surface area contributed by atoms with Crippen LogP contribution in [0.15, 0.2) is 64.4 Å². The molecule has 0 radical (unpaired) electrons. The summed E-state index contributed by atoms with van der Waals surface area (Å²) < 4.78 is 0.746. The van der Waals surface area contributed by atoms with Crippen LogP contribution in [0.3, 0.4) is 0 Å². The third kappa shape index (κ3) is 4.52. The Hall–Kier alpha value is -2.51. The van der Waals surface area contributed by atoms with E-state index >= 15 is 0 Å². The van der Waals surface area contributed by atoms with Crippen LogP contribution >= 0.6 is 23.1 Å². The Morgan fingerprint density at radius 2 is 1.84 bits per heavy atom. The van der Waals surface area contributed by atoms with Gasteiger partial charge in [-0.05, 0) is 19.1 Å². The van der Waals surface area contributed by atoms with Crippen molar-refractivity contribution in [3.8, 4) is 0 Å². The summed E-state index contributed by atoms with van der Waals surface area (Å²) in [5, 5.41) is 10.2. The fourth-order valence-corrected chi connectivity index (χ4v) is 3.78. The number of nitrogens with one attached hydrogen (secondary N) is 1. The molecular weight excluding hydrogens is 354 g/mol. The maximum atomic E-state index is 12.5. The number of benzene rings is 2. The molecule has 0 saturated carbocycles. The van der Waals surface area contributed by atoms with Gasteiger partial charge in [0.05, 0.1) is 5.25 Å². The standard InChI is InChI=1S/C18H15N3O2S2/c1-12(25-18-21-19-11-24-18)17(23)20-15-9-5-8-14(10-15)16(22)13-6-3-2-4-7-13/h2-12H,1H3,(H,20,23)/t12-/m0/s1. The first-order chi connectivity index (χ1) is 12.1. The lowest BCUT2D eigenvalue weighted by molar-refractivity contribution is -0.115. The minimum atomic E-state index is -0.318.